The number of quaternary nitrogens is 1. The normalized spacial score (nSPS) is 14.6. The van der Waals surface area contributed by atoms with Crippen LogP contribution in [0.15, 0.2) is 48.6 Å². The second-order valence-electron chi connectivity index (χ2n) is 18.2. The van der Waals surface area contributed by atoms with Crippen LogP contribution < -0.4 is 5.32 Å². The summed E-state index contributed by atoms with van der Waals surface area (Å²) in [5.41, 5.74) is 0. The van der Waals surface area contributed by atoms with E-state index in [1.54, 1.807) is 6.08 Å². The van der Waals surface area contributed by atoms with Gasteiger partial charge in [-0.25, -0.2) is 4.57 Å². The smallest absolute Gasteiger partial charge is 0.387 e. The highest BCUT2D eigenvalue weighted by atomic mass is 31.2. The van der Waals surface area contributed by atoms with Crippen molar-refractivity contribution in [1.29, 1.82) is 0 Å². The van der Waals surface area contributed by atoms with Gasteiger partial charge in [-0.2, -0.15) is 0 Å². The number of carbonyl (C=O) groups is 1. The summed E-state index contributed by atoms with van der Waals surface area (Å²) in [7, 11) is 1.54. The molecule has 0 aliphatic carbocycles. The number of nitrogens with one attached hydrogen (secondary N) is 1. The molecule has 0 fully saturated rings. The average molecular weight is 866 g/mol. The van der Waals surface area contributed by atoms with Gasteiger partial charge >= 0.3 is 7.82 Å². The molecule has 0 bridgehead atoms. The number of amides is 1. The molecule has 3 atom stereocenters. The molecule has 60 heavy (non-hydrogen) atoms. The largest absolute Gasteiger partial charge is 0.472 e. The summed E-state index contributed by atoms with van der Waals surface area (Å²) in [5.74, 6) is -0.197. The first-order chi connectivity index (χ1) is 29.0. The summed E-state index contributed by atoms with van der Waals surface area (Å²) in [4.78, 5) is 23.2. The van der Waals surface area contributed by atoms with Crippen LogP contribution in [0.25, 0.3) is 0 Å². The van der Waals surface area contributed by atoms with Gasteiger partial charge in [0.1, 0.15) is 13.2 Å². The fraction of sp³-hybridized carbons (Fsp3) is 0.824. The Labute approximate surface area is 371 Å². The molecule has 0 aliphatic heterocycles. The van der Waals surface area contributed by atoms with Crippen LogP contribution in [0.5, 0.6) is 0 Å². The second-order valence-corrected chi connectivity index (χ2v) is 19.6. The number of likely N-dealkylation sites (N-methyl/N-ethyl adjacent to an activating group) is 1. The monoisotopic (exact) mass is 866 g/mol. The van der Waals surface area contributed by atoms with E-state index in [1.165, 1.54) is 154 Å². The lowest BCUT2D eigenvalue weighted by Crippen LogP contribution is -2.45. The molecule has 0 aromatic heterocycles. The number of rotatable bonds is 45. The first-order valence-corrected chi connectivity index (χ1v) is 26.5. The minimum atomic E-state index is -4.35. The van der Waals surface area contributed by atoms with Crippen molar-refractivity contribution in [2.24, 2.45) is 0 Å². The van der Waals surface area contributed by atoms with Gasteiger partial charge in [0.15, 0.2) is 0 Å². The number of phosphoric ester groups is 1. The van der Waals surface area contributed by atoms with Crippen LogP contribution in [-0.4, -0.2) is 73.4 Å². The lowest BCUT2D eigenvalue weighted by Gasteiger charge is -2.25. The molecule has 0 aliphatic rings. The molecule has 0 radical (unpaired) electrons. The maximum atomic E-state index is 12.9. The van der Waals surface area contributed by atoms with Crippen LogP contribution in [0.4, 0.5) is 0 Å². The Bertz CT molecular complexity index is 1120. The zero-order valence-electron chi connectivity index (χ0n) is 39.9. The first kappa shape index (κ1) is 58.5. The van der Waals surface area contributed by atoms with E-state index in [4.69, 9.17) is 9.05 Å². The fourth-order valence-electron chi connectivity index (χ4n) is 7.01. The Morgan fingerprint density at radius 3 is 1.35 bits per heavy atom. The molecule has 3 N–H and O–H groups in total. The molecule has 0 aromatic carbocycles. The third kappa shape index (κ3) is 44.5. The Morgan fingerprint density at radius 2 is 0.917 bits per heavy atom. The van der Waals surface area contributed by atoms with Crippen molar-refractivity contribution in [2.75, 3.05) is 40.9 Å². The first-order valence-electron chi connectivity index (χ1n) is 25.0. The van der Waals surface area contributed by atoms with Gasteiger partial charge in [0.25, 0.3) is 0 Å². The molecular weight excluding hydrogens is 768 g/mol. The minimum absolute atomic E-state index is 0.0519. The average Bonchev–Trinajstić information content (AvgIpc) is 3.20. The summed E-state index contributed by atoms with van der Waals surface area (Å²) in [5, 5.41) is 13.8. The third-order valence-electron chi connectivity index (χ3n) is 11.0. The zero-order chi connectivity index (χ0) is 44.3. The number of nitrogens with zero attached hydrogens (tertiary/aromatic N) is 1. The van der Waals surface area contributed by atoms with E-state index in [2.05, 4.69) is 55.6 Å². The predicted octanol–water partition coefficient (Wildman–Crippen LogP) is 14.4. The number of carbonyl (C=O) groups excluding carboxylic acids is 1. The standard InChI is InChI=1S/C51H97N2O6P/c1-6-8-10-12-14-16-18-20-22-23-24-25-26-27-28-29-31-32-34-36-38-40-42-44-50(54)49(48-59-60(56,57)58-47-46-53(3,4)5)52-51(55)45-43-41-39-37-35-33-30-21-19-17-15-13-11-9-7-2/h17,19,28-29,34,36,42,44,49-50,54H,6-16,18,20-27,30-33,35,37-41,43,45-48H2,1-5H3,(H-,52,55,56,57)/p+1/b19-17-,29-28+,36-34+,44-42+. The van der Waals surface area contributed by atoms with Crippen LogP contribution in [0.2, 0.25) is 0 Å². The van der Waals surface area contributed by atoms with Crippen LogP contribution in [0.1, 0.15) is 219 Å². The molecule has 1 amide bonds. The maximum absolute atomic E-state index is 12.9. The van der Waals surface area contributed by atoms with E-state index < -0.39 is 20.0 Å². The van der Waals surface area contributed by atoms with Crippen molar-refractivity contribution < 1.29 is 32.9 Å². The van der Waals surface area contributed by atoms with Gasteiger partial charge in [0.2, 0.25) is 5.91 Å². The van der Waals surface area contributed by atoms with E-state index in [1.807, 2.05) is 27.2 Å². The fourth-order valence-corrected chi connectivity index (χ4v) is 7.74. The lowest BCUT2D eigenvalue weighted by molar-refractivity contribution is -0.870. The summed E-state index contributed by atoms with van der Waals surface area (Å²) in [6.07, 6.45) is 54.8. The van der Waals surface area contributed by atoms with E-state index in [-0.39, 0.29) is 19.1 Å². The van der Waals surface area contributed by atoms with Gasteiger partial charge in [0.05, 0.1) is 39.9 Å². The van der Waals surface area contributed by atoms with E-state index >= 15 is 0 Å². The Morgan fingerprint density at radius 1 is 0.550 bits per heavy atom. The quantitative estimate of drug-likeness (QED) is 0.0244. The molecule has 0 rings (SSSR count). The summed E-state index contributed by atoms with van der Waals surface area (Å²) >= 11 is 0. The molecule has 0 saturated carbocycles. The molecule has 0 heterocycles. The van der Waals surface area contributed by atoms with E-state index in [0.717, 1.165) is 44.9 Å². The summed E-state index contributed by atoms with van der Waals surface area (Å²) in [6.45, 7) is 4.77. The molecule has 352 valence electrons. The van der Waals surface area contributed by atoms with Gasteiger partial charge in [-0.3, -0.25) is 13.8 Å². The van der Waals surface area contributed by atoms with Gasteiger partial charge < -0.3 is 19.8 Å². The number of allylic oxidation sites excluding steroid dienone is 7. The van der Waals surface area contributed by atoms with Crippen molar-refractivity contribution in [1.82, 2.24) is 5.32 Å². The van der Waals surface area contributed by atoms with Gasteiger partial charge in [-0.15, -0.1) is 0 Å². The highest BCUT2D eigenvalue weighted by Crippen LogP contribution is 2.43. The molecule has 3 unspecified atom stereocenters. The Balaban J connectivity index is 4.40. The van der Waals surface area contributed by atoms with Crippen molar-refractivity contribution in [3.05, 3.63) is 48.6 Å². The number of hydrogen-bond donors (Lipinski definition) is 3. The number of phosphoric acid groups is 1. The summed E-state index contributed by atoms with van der Waals surface area (Å²) in [6, 6.07) is -0.872. The minimum Gasteiger partial charge on any atom is -0.387 e. The van der Waals surface area contributed by atoms with Gasteiger partial charge in [0, 0.05) is 6.42 Å². The van der Waals surface area contributed by atoms with Crippen LogP contribution >= 0.6 is 7.82 Å². The van der Waals surface area contributed by atoms with Crippen molar-refractivity contribution in [3.63, 3.8) is 0 Å². The number of hydrogen-bond acceptors (Lipinski definition) is 5. The maximum Gasteiger partial charge on any atom is 0.472 e. The number of aliphatic hydroxyl groups excluding tert-OH is 1. The third-order valence-corrected chi connectivity index (χ3v) is 12.0. The van der Waals surface area contributed by atoms with E-state index in [0.29, 0.717) is 17.4 Å². The number of aliphatic hydroxyl groups is 1. The number of unbranched alkanes of at least 4 members (excludes halogenated alkanes) is 26. The molecular formula is C51H98N2O6P+. The highest BCUT2D eigenvalue weighted by Gasteiger charge is 2.27. The van der Waals surface area contributed by atoms with Crippen molar-refractivity contribution in [2.45, 2.75) is 231 Å². The van der Waals surface area contributed by atoms with Crippen molar-refractivity contribution in [3.8, 4) is 0 Å². The highest BCUT2D eigenvalue weighted by molar-refractivity contribution is 7.47. The van der Waals surface area contributed by atoms with Crippen LogP contribution in [0.3, 0.4) is 0 Å². The van der Waals surface area contributed by atoms with Gasteiger partial charge in [-0.05, 0) is 70.6 Å². The second kappa shape index (κ2) is 42.7. The SMILES string of the molecule is CCCCCC/C=C\CCCCCCCCCC(=O)NC(COP(=O)(O)OCC[N+](C)(C)C)C(O)/C=C/CC/C=C/CC/C=C/CCCCCCCCCCCCCCC. The molecule has 9 heteroatoms. The lowest BCUT2D eigenvalue weighted by atomic mass is 10.0. The van der Waals surface area contributed by atoms with E-state index in [9.17, 15) is 19.4 Å². The summed E-state index contributed by atoms with van der Waals surface area (Å²) < 4.78 is 23.6. The molecule has 0 saturated heterocycles. The zero-order valence-corrected chi connectivity index (χ0v) is 40.8. The topological polar surface area (TPSA) is 105 Å². The Hall–Kier alpha value is -1.54. The Kier molecular flexibility index (Phi) is 41.6. The molecule has 8 nitrogen and oxygen atoms in total. The molecule has 0 spiro atoms. The van der Waals surface area contributed by atoms with Crippen molar-refractivity contribution >= 4 is 13.7 Å². The molecule has 0 aromatic rings. The predicted molar refractivity (Wildman–Crippen MR) is 258 cm³/mol. The van der Waals surface area contributed by atoms with Gasteiger partial charge in [-0.1, -0.05) is 191 Å². The van der Waals surface area contributed by atoms with Crippen LogP contribution in [0, 0.1) is 0 Å². The van der Waals surface area contributed by atoms with Crippen LogP contribution in [-0.2, 0) is 18.4 Å².